The summed E-state index contributed by atoms with van der Waals surface area (Å²) in [6.07, 6.45) is 0.880. The van der Waals surface area contributed by atoms with Crippen LogP contribution in [0.3, 0.4) is 0 Å². The SMILES string of the molecule is CC(=O)C=C(C(=O)O)S(=O)c1ccccc1. The van der Waals surface area contributed by atoms with Crippen molar-refractivity contribution in [2.24, 2.45) is 0 Å². The molecule has 0 saturated carbocycles. The van der Waals surface area contributed by atoms with Crippen LogP contribution in [-0.2, 0) is 20.4 Å². The summed E-state index contributed by atoms with van der Waals surface area (Å²) in [6, 6.07) is 8.14. The van der Waals surface area contributed by atoms with E-state index in [0.717, 1.165) is 6.08 Å². The lowest BCUT2D eigenvalue weighted by Gasteiger charge is -2.01. The van der Waals surface area contributed by atoms with E-state index in [9.17, 15) is 13.8 Å². The van der Waals surface area contributed by atoms with Crippen molar-refractivity contribution in [3.05, 3.63) is 41.3 Å². The zero-order valence-corrected chi connectivity index (χ0v) is 9.36. The summed E-state index contributed by atoms with van der Waals surface area (Å²) in [5, 5.41) is 8.84. The van der Waals surface area contributed by atoms with E-state index in [1.165, 1.54) is 6.92 Å². The predicted molar refractivity (Wildman–Crippen MR) is 59.3 cm³/mol. The van der Waals surface area contributed by atoms with Crippen molar-refractivity contribution in [2.75, 3.05) is 0 Å². The van der Waals surface area contributed by atoms with E-state index in [1.807, 2.05) is 0 Å². The number of hydrogen-bond acceptors (Lipinski definition) is 3. The number of hydrogen-bond donors (Lipinski definition) is 1. The van der Waals surface area contributed by atoms with E-state index >= 15 is 0 Å². The first-order valence-electron chi connectivity index (χ1n) is 4.44. The van der Waals surface area contributed by atoms with Crippen LogP contribution in [0.2, 0.25) is 0 Å². The largest absolute Gasteiger partial charge is 0.477 e. The monoisotopic (exact) mass is 238 g/mol. The lowest BCUT2D eigenvalue weighted by molar-refractivity contribution is -0.132. The molecule has 0 saturated heterocycles. The van der Waals surface area contributed by atoms with Gasteiger partial charge in [-0.15, -0.1) is 0 Å². The van der Waals surface area contributed by atoms with Gasteiger partial charge in [-0.1, -0.05) is 18.2 Å². The number of carbonyl (C=O) groups is 2. The van der Waals surface area contributed by atoms with Gasteiger partial charge in [0.2, 0.25) is 0 Å². The van der Waals surface area contributed by atoms with E-state index in [2.05, 4.69) is 0 Å². The molecule has 1 atom stereocenters. The van der Waals surface area contributed by atoms with Crippen molar-refractivity contribution in [3.8, 4) is 0 Å². The third-order valence-corrected chi connectivity index (χ3v) is 3.09. The summed E-state index contributed by atoms with van der Waals surface area (Å²) in [7, 11) is -1.83. The minimum Gasteiger partial charge on any atom is -0.477 e. The smallest absolute Gasteiger partial charge is 0.345 e. The molecule has 0 aliphatic carbocycles. The van der Waals surface area contributed by atoms with Crippen LogP contribution in [0.1, 0.15) is 6.92 Å². The van der Waals surface area contributed by atoms with Crippen LogP contribution in [0, 0.1) is 0 Å². The fraction of sp³-hybridized carbons (Fsp3) is 0.0909. The van der Waals surface area contributed by atoms with Gasteiger partial charge >= 0.3 is 5.97 Å². The van der Waals surface area contributed by atoms with Gasteiger partial charge in [0.25, 0.3) is 0 Å². The van der Waals surface area contributed by atoms with Crippen molar-refractivity contribution in [2.45, 2.75) is 11.8 Å². The fourth-order valence-corrected chi connectivity index (χ4v) is 2.14. The standard InChI is InChI=1S/C11H10O4S/c1-8(12)7-10(11(13)14)16(15)9-5-3-2-4-6-9/h2-7H,1H3,(H,13,14). The highest BCUT2D eigenvalue weighted by Crippen LogP contribution is 2.14. The molecule has 4 nitrogen and oxygen atoms in total. The summed E-state index contributed by atoms with van der Waals surface area (Å²) < 4.78 is 11.8. The van der Waals surface area contributed by atoms with Crippen molar-refractivity contribution < 1.29 is 18.9 Å². The van der Waals surface area contributed by atoms with Crippen LogP contribution >= 0.6 is 0 Å². The number of carboxylic acid groups (broad SMARTS) is 1. The Hall–Kier alpha value is -1.75. The van der Waals surface area contributed by atoms with Gasteiger partial charge in [0, 0.05) is 11.0 Å². The number of carbonyl (C=O) groups excluding carboxylic acids is 1. The zero-order valence-electron chi connectivity index (χ0n) is 8.54. The third kappa shape index (κ3) is 3.13. The highest BCUT2D eigenvalue weighted by Gasteiger charge is 2.17. The number of ketones is 1. The van der Waals surface area contributed by atoms with Gasteiger partial charge in [0.1, 0.15) is 4.91 Å². The van der Waals surface area contributed by atoms with E-state index < -0.39 is 27.5 Å². The molecule has 0 aliphatic heterocycles. The average molecular weight is 238 g/mol. The maximum absolute atomic E-state index is 11.8. The van der Waals surface area contributed by atoms with Crippen LogP contribution in [0.4, 0.5) is 0 Å². The molecule has 16 heavy (non-hydrogen) atoms. The maximum Gasteiger partial charge on any atom is 0.345 e. The van der Waals surface area contributed by atoms with E-state index in [1.54, 1.807) is 30.3 Å². The maximum atomic E-state index is 11.8. The Morgan fingerprint density at radius 2 is 1.81 bits per heavy atom. The highest BCUT2D eigenvalue weighted by molar-refractivity contribution is 7.90. The first kappa shape index (κ1) is 12.3. The minimum absolute atomic E-state index is 0.359. The predicted octanol–water partition coefficient (Wildman–Crippen LogP) is 1.35. The second-order valence-corrected chi connectivity index (χ2v) is 4.45. The molecule has 1 aromatic carbocycles. The van der Waals surface area contributed by atoms with Gasteiger partial charge in [-0.25, -0.2) is 9.00 Å². The molecule has 1 rings (SSSR count). The Bertz CT molecular complexity index is 462. The Labute approximate surface area is 95.1 Å². The lowest BCUT2D eigenvalue weighted by atomic mass is 10.4. The number of carboxylic acids is 1. The summed E-state index contributed by atoms with van der Waals surface area (Å²) >= 11 is 0. The van der Waals surface area contributed by atoms with Crippen LogP contribution in [0.15, 0.2) is 46.2 Å². The summed E-state index contributed by atoms with van der Waals surface area (Å²) in [5.74, 6) is -1.79. The van der Waals surface area contributed by atoms with Crippen molar-refractivity contribution in [3.63, 3.8) is 0 Å². The molecule has 0 aliphatic rings. The Balaban J connectivity index is 3.12. The number of allylic oxidation sites excluding steroid dienone is 1. The highest BCUT2D eigenvalue weighted by atomic mass is 32.2. The molecule has 0 radical (unpaired) electrons. The van der Waals surface area contributed by atoms with Crippen LogP contribution < -0.4 is 0 Å². The number of benzene rings is 1. The van der Waals surface area contributed by atoms with E-state index in [4.69, 9.17) is 5.11 Å². The molecule has 84 valence electrons. The Kier molecular flexibility index (Phi) is 4.13. The molecule has 1 unspecified atom stereocenters. The summed E-state index contributed by atoms with van der Waals surface area (Å²) in [4.78, 5) is 21.6. The van der Waals surface area contributed by atoms with Crippen LogP contribution in [-0.4, -0.2) is 21.1 Å². The minimum atomic E-state index is -1.83. The third-order valence-electron chi connectivity index (χ3n) is 1.70. The van der Waals surface area contributed by atoms with Crippen molar-refractivity contribution in [1.29, 1.82) is 0 Å². The fourth-order valence-electron chi connectivity index (χ4n) is 1.05. The second kappa shape index (κ2) is 5.37. The first-order valence-corrected chi connectivity index (χ1v) is 5.59. The van der Waals surface area contributed by atoms with Crippen LogP contribution in [0.25, 0.3) is 0 Å². The lowest BCUT2D eigenvalue weighted by Crippen LogP contribution is -2.09. The average Bonchev–Trinajstić information content (AvgIpc) is 2.25. The van der Waals surface area contributed by atoms with E-state index in [0.29, 0.717) is 4.90 Å². The quantitative estimate of drug-likeness (QED) is 0.804. The van der Waals surface area contributed by atoms with Gasteiger partial charge in [-0.2, -0.15) is 0 Å². The van der Waals surface area contributed by atoms with Gasteiger partial charge in [0.15, 0.2) is 5.78 Å². The Morgan fingerprint density at radius 1 is 1.25 bits per heavy atom. The van der Waals surface area contributed by atoms with Crippen molar-refractivity contribution in [1.82, 2.24) is 0 Å². The summed E-state index contributed by atoms with van der Waals surface area (Å²) in [5.41, 5.74) is 0. The normalized spacial score (nSPS) is 13.2. The van der Waals surface area contributed by atoms with Gasteiger partial charge in [-0.3, -0.25) is 4.79 Å². The molecule has 0 fully saturated rings. The second-order valence-electron chi connectivity index (χ2n) is 3.01. The molecule has 1 N–H and O–H groups in total. The van der Waals surface area contributed by atoms with Gasteiger partial charge in [-0.05, 0) is 19.1 Å². The topological polar surface area (TPSA) is 71.4 Å². The number of aliphatic carboxylic acids is 1. The molecular formula is C11H10O4S. The molecular weight excluding hydrogens is 228 g/mol. The number of rotatable bonds is 4. The molecule has 0 aromatic heterocycles. The van der Waals surface area contributed by atoms with Crippen LogP contribution in [0.5, 0.6) is 0 Å². The molecule has 0 bridgehead atoms. The van der Waals surface area contributed by atoms with Gasteiger partial charge < -0.3 is 5.11 Å². The Morgan fingerprint density at radius 3 is 2.25 bits per heavy atom. The molecule has 5 heteroatoms. The molecule has 0 heterocycles. The molecule has 0 spiro atoms. The van der Waals surface area contributed by atoms with E-state index in [-0.39, 0.29) is 0 Å². The van der Waals surface area contributed by atoms with Crippen molar-refractivity contribution >= 4 is 22.6 Å². The molecule has 1 aromatic rings. The van der Waals surface area contributed by atoms with Gasteiger partial charge in [0.05, 0.1) is 10.8 Å². The zero-order chi connectivity index (χ0) is 12.1. The molecule has 0 amide bonds. The first-order chi connectivity index (χ1) is 7.52. The summed E-state index contributed by atoms with van der Waals surface area (Å²) in [6.45, 7) is 1.21.